The first-order chi connectivity index (χ1) is 8.72. The van der Waals surface area contributed by atoms with E-state index in [1.54, 1.807) is 0 Å². The Balaban J connectivity index is 1.87. The van der Waals surface area contributed by atoms with E-state index in [0.717, 1.165) is 17.7 Å². The van der Waals surface area contributed by atoms with E-state index < -0.39 is 6.10 Å². The Labute approximate surface area is 107 Å². The lowest BCUT2D eigenvalue weighted by atomic mass is 9.98. The maximum atomic E-state index is 11.9. The van der Waals surface area contributed by atoms with Crippen molar-refractivity contribution in [3.8, 4) is 0 Å². The SMILES string of the molecule is CCC1=NO[C@@H](C(=O)OCc2ccccc2)[C@H]1C. The van der Waals surface area contributed by atoms with Gasteiger partial charge in [-0.1, -0.05) is 49.3 Å². The summed E-state index contributed by atoms with van der Waals surface area (Å²) in [5.74, 6) is -0.350. The molecule has 0 aromatic heterocycles. The minimum atomic E-state index is -0.594. The van der Waals surface area contributed by atoms with Crippen LogP contribution in [-0.2, 0) is 21.0 Å². The zero-order valence-corrected chi connectivity index (χ0v) is 10.6. The van der Waals surface area contributed by atoms with Crippen LogP contribution in [0.1, 0.15) is 25.8 Å². The highest BCUT2D eigenvalue weighted by Crippen LogP contribution is 2.21. The second-order valence-electron chi connectivity index (χ2n) is 4.34. The van der Waals surface area contributed by atoms with Gasteiger partial charge in [0.15, 0.2) is 0 Å². The molecule has 0 fully saturated rings. The van der Waals surface area contributed by atoms with Gasteiger partial charge >= 0.3 is 5.97 Å². The van der Waals surface area contributed by atoms with Gasteiger partial charge in [-0.15, -0.1) is 0 Å². The maximum Gasteiger partial charge on any atom is 0.351 e. The van der Waals surface area contributed by atoms with Crippen LogP contribution in [0.25, 0.3) is 0 Å². The van der Waals surface area contributed by atoms with Gasteiger partial charge < -0.3 is 9.57 Å². The summed E-state index contributed by atoms with van der Waals surface area (Å²) in [5.41, 5.74) is 1.88. The van der Waals surface area contributed by atoms with Crippen molar-refractivity contribution < 1.29 is 14.4 Å². The van der Waals surface area contributed by atoms with Crippen LogP contribution < -0.4 is 0 Å². The zero-order chi connectivity index (χ0) is 13.0. The molecule has 0 unspecified atom stereocenters. The first-order valence-corrected chi connectivity index (χ1v) is 6.15. The Morgan fingerprint density at radius 1 is 1.39 bits per heavy atom. The second kappa shape index (κ2) is 5.67. The molecule has 0 saturated carbocycles. The fourth-order valence-corrected chi connectivity index (χ4v) is 1.92. The number of esters is 1. The Bertz CT molecular complexity index is 442. The number of hydrogen-bond acceptors (Lipinski definition) is 4. The van der Waals surface area contributed by atoms with Crippen LogP contribution >= 0.6 is 0 Å². The van der Waals surface area contributed by atoms with Crippen LogP contribution in [0.3, 0.4) is 0 Å². The number of oxime groups is 1. The number of rotatable bonds is 4. The van der Waals surface area contributed by atoms with Crippen molar-refractivity contribution >= 4 is 11.7 Å². The van der Waals surface area contributed by atoms with Crippen LogP contribution in [0, 0.1) is 5.92 Å². The minimum absolute atomic E-state index is 0.00160. The number of nitrogens with zero attached hydrogens (tertiary/aromatic N) is 1. The largest absolute Gasteiger partial charge is 0.458 e. The Kier molecular flexibility index (Phi) is 3.97. The van der Waals surface area contributed by atoms with E-state index in [9.17, 15) is 4.79 Å². The summed E-state index contributed by atoms with van der Waals surface area (Å²) < 4.78 is 5.24. The van der Waals surface area contributed by atoms with E-state index in [-0.39, 0.29) is 18.5 Å². The highest BCUT2D eigenvalue weighted by Gasteiger charge is 2.36. The molecule has 0 spiro atoms. The number of ether oxygens (including phenoxy) is 1. The average Bonchev–Trinajstić information content (AvgIpc) is 2.78. The number of hydrogen-bond donors (Lipinski definition) is 0. The van der Waals surface area contributed by atoms with Crippen molar-refractivity contribution in [2.75, 3.05) is 0 Å². The van der Waals surface area contributed by atoms with Gasteiger partial charge in [0.05, 0.1) is 5.71 Å². The molecule has 0 aliphatic carbocycles. The van der Waals surface area contributed by atoms with E-state index in [1.165, 1.54) is 0 Å². The van der Waals surface area contributed by atoms with Gasteiger partial charge in [-0.2, -0.15) is 0 Å². The van der Waals surface area contributed by atoms with Gasteiger partial charge in [0, 0.05) is 5.92 Å². The summed E-state index contributed by atoms with van der Waals surface area (Å²) in [4.78, 5) is 17.0. The number of benzene rings is 1. The highest BCUT2D eigenvalue weighted by molar-refractivity contribution is 5.92. The summed E-state index contributed by atoms with van der Waals surface area (Å²) >= 11 is 0. The molecule has 1 heterocycles. The molecule has 0 N–H and O–H groups in total. The lowest BCUT2D eigenvalue weighted by molar-refractivity contribution is -0.158. The van der Waals surface area contributed by atoms with E-state index in [1.807, 2.05) is 44.2 Å². The van der Waals surface area contributed by atoms with Crippen LogP contribution in [0.4, 0.5) is 0 Å². The molecule has 2 atom stereocenters. The van der Waals surface area contributed by atoms with Gasteiger partial charge in [-0.05, 0) is 12.0 Å². The van der Waals surface area contributed by atoms with Crippen LogP contribution in [-0.4, -0.2) is 17.8 Å². The van der Waals surface area contributed by atoms with Crippen molar-refractivity contribution in [2.24, 2.45) is 11.1 Å². The van der Waals surface area contributed by atoms with E-state index in [4.69, 9.17) is 9.57 Å². The van der Waals surface area contributed by atoms with Gasteiger partial charge in [0.2, 0.25) is 6.10 Å². The maximum absolute atomic E-state index is 11.9. The monoisotopic (exact) mass is 247 g/mol. The molecule has 4 nitrogen and oxygen atoms in total. The van der Waals surface area contributed by atoms with Crippen molar-refractivity contribution in [3.05, 3.63) is 35.9 Å². The molecule has 1 aliphatic heterocycles. The average molecular weight is 247 g/mol. The Morgan fingerprint density at radius 2 is 2.11 bits per heavy atom. The summed E-state index contributed by atoms with van der Waals surface area (Å²) in [5, 5.41) is 3.91. The predicted molar refractivity (Wildman–Crippen MR) is 68.0 cm³/mol. The molecule has 2 rings (SSSR count). The second-order valence-corrected chi connectivity index (χ2v) is 4.34. The molecule has 0 bridgehead atoms. The molecule has 1 aromatic rings. The van der Waals surface area contributed by atoms with Gasteiger partial charge in [0.25, 0.3) is 0 Å². The molecule has 1 aromatic carbocycles. The number of carbonyl (C=O) groups is 1. The van der Waals surface area contributed by atoms with E-state index in [2.05, 4.69) is 5.16 Å². The third-order valence-electron chi connectivity index (χ3n) is 3.08. The van der Waals surface area contributed by atoms with Crippen LogP contribution in [0.5, 0.6) is 0 Å². The molecule has 18 heavy (non-hydrogen) atoms. The summed E-state index contributed by atoms with van der Waals surface area (Å²) in [6.07, 6.45) is 0.201. The van der Waals surface area contributed by atoms with Gasteiger partial charge in [-0.25, -0.2) is 4.79 Å². The van der Waals surface area contributed by atoms with Crippen molar-refractivity contribution in [1.82, 2.24) is 0 Å². The smallest absolute Gasteiger partial charge is 0.351 e. The minimum Gasteiger partial charge on any atom is -0.458 e. The third-order valence-corrected chi connectivity index (χ3v) is 3.08. The molecule has 0 amide bonds. The number of carbonyl (C=O) groups excluding carboxylic acids is 1. The first-order valence-electron chi connectivity index (χ1n) is 6.15. The lowest BCUT2D eigenvalue weighted by Crippen LogP contribution is -2.30. The molecule has 96 valence electrons. The quantitative estimate of drug-likeness (QED) is 0.768. The molecular weight excluding hydrogens is 230 g/mol. The van der Waals surface area contributed by atoms with Gasteiger partial charge in [-0.3, -0.25) is 0 Å². The Hall–Kier alpha value is -1.84. The van der Waals surface area contributed by atoms with Crippen molar-refractivity contribution in [1.29, 1.82) is 0 Å². The molecule has 4 heteroatoms. The standard InChI is InChI=1S/C14H17NO3/c1-3-12-10(2)13(18-15-12)14(16)17-9-11-7-5-4-6-8-11/h4-8,10,13H,3,9H2,1-2H3/t10-,13+/m0/s1. The molecular formula is C14H17NO3. The fraction of sp³-hybridized carbons (Fsp3) is 0.429. The van der Waals surface area contributed by atoms with Gasteiger partial charge in [0.1, 0.15) is 6.61 Å². The highest BCUT2D eigenvalue weighted by atomic mass is 16.7. The van der Waals surface area contributed by atoms with E-state index >= 15 is 0 Å². The topological polar surface area (TPSA) is 47.9 Å². The van der Waals surface area contributed by atoms with E-state index in [0.29, 0.717) is 0 Å². The Morgan fingerprint density at radius 3 is 2.72 bits per heavy atom. The fourth-order valence-electron chi connectivity index (χ4n) is 1.92. The van der Waals surface area contributed by atoms with Crippen LogP contribution in [0.15, 0.2) is 35.5 Å². The van der Waals surface area contributed by atoms with Crippen molar-refractivity contribution in [2.45, 2.75) is 33.0 Å². The molecule has 0 radical (unpaired) electrons. The third kappa shape index (κ3) is 2.70. The van der Waals surface area contributed by atoms with Crippen LogP contribution in [0.2, 0.25) is 0 Å². The first kappa shape index (κ1) is 12.6. The normalized spacial score (nSPS) is 22.2. The molecule has 1 aliphatic rings. The summed E-state index contributed by atoms with van der Waals surface area (Å²) in [6, 6.07) is 9.58. The lowest BCUT2D eigenvalue weighted by Gasteiger charge is -2.13. The molecule has 0 saturated heterocycles. The predicted octanol–water partition coefficient (Wildman–Crippen LogP) is 2.53. The summed E-state index contributed by atoms with van der Waals surface area (Å²) in [7, 11) is 0. The van der Waals surface area contributed by atoms with Crippen molar-refractivity contribution in [3.63, 3.8) is 0 Å². The zero-order valence-electron chi connectivity index (χ0n) is 10.6. The summed E-state index contributed by atoms with van der Waals surface area (Å²) in [6.45, 7) is 4.20.